The Balaban J connectivity index is 1.59. The minimum Gasteiger partial charge on any atom is -0.493 e. The Labute approximate surface area is 160 Å². The Kier molecular flexibility index (Phi) is 6.52. The zero-order valence-corrected chi connectivity index (χ0v) is 15.8. The summed E-state index contributed by atoms with van der Waals surface area (Å²) >= 11 is 0. The molecule has 1 aromatic heterocycles. The normalized spacial score (nSPS) is 14.6. The van der Waals surface area contributed by atoms with E-state index in [0.29, 0.717) is 17.5 Å². The largest absolute Gasteiger partial charge is 0.493 e. The van der Waals surface area contributed by atoms with Gasteiger partial charge < -0.3 is 14.8 Å². The third-order valence-electron chi connectivity index (χ3n) is 4.83. The van der Waals surface area contributed by atoms with Crippen LogP contribution in [0.4, 0.5) is 5.82 Å². The number of allylic oxidation sites excluding steroid dienone is 1. The fourth-order valence-corrected chi connectivity index (χ4v) is 3.48. The molecule has 0 atom stereocenters. The topological polar surface area (TPSA) is 65.4 Å². The molecule has 2 aromatic rings. The molecule has 0 spiro atoms. The van der Waals surface area contributed by atoms with Gasteiger partial charge in [-0.05, 0) is 37.0 Å². The molecule has 1 aliphatic rings. The lowest BCUT2D eigenvalue weighted by Crippen LogP contribution is -2.24. The Morgan fingerprint density at radius 1 is 1.30 bits per heavy atom. The standard InChI is InChI=1S/C21H27N3O3/c1-3-7-16-10-11-18(19(14-16)26-2)27-15-21(25)23-20-12-13-22-24(20)17-8-5-4-6-9-17/h3,10-14,17H,1,4-9,15H2,2H3,(H,23,25). The number of benzene rings is 1. The Hall–Kier alpha value is -2.76. The predicted octanol–water partition coefficient (Wildman–Crippen LogP) is 4.14. The van der Waals surface area contributed by atoms with Crippen molar-refractivity contribution >= 4 is 11.7 Å². The van der Waals surface area contributed by atoms with Crippen LogP contribution in [0.1, 0.15) is 43.7 Å². The number of rotatable bonds is 8. The van der Waals surface area contributed by atoms with Gasteiger partial charge in [-0.15, -0.1) is 6.58 Å². The number of aromatic nitrogens is 2. The average Bonchev–Trinajstić information content (AvgIpc) is 3.15. The number of methoxy groups -OCH3 is 1. The molecule has 0 saturated heterocycles. The highest BCUT2D eigenvalue weighted by Crippen LogP contribution is 2.30. The molecule has 1 saturated carbocycles. The van der Waals surface area contributed by atoms with Crippen molar-refractivity contribution < 1.29 is 14.3 Å². The van der Waals surface area contributed by atoms with Crippen LogP contribution in [0.3, 0.4) is 0 Å². The van der Waals surface area contributed by atoms with Crippen LogP contribution in [0.15, 0.2) is 43.1 Å². The zero-order chi connectivity index (χ0) is 19.1. The van der Waals surface area contributed by atoms with Gasteiger partial charge in [0.05, 0.1) is 19.3 Å². The molecular weight excluding hydrogens is 342 g/mol. The Morgan fingerprint density at radius 2 is 2.11 bits per heavy atom. The van der Waals surface area contributed by atoms with Crippen molar-refractivity contribution in [1.29, 1.82) is 0 Å². The maximum absolute atomic E-state index is 12.4. The van der Waals surface area contributed by atoms with Gasteiger partial charge in [-0.1, -0.05) is 31.4 Å². The molecule has 27 heavy (non-hydrogen) atoms. The van der Waals surface area contributed by atoms with Crippen molar-refractivity contribution in [3.05, 3.63) is 48.7 Å². The lowest BCUT2D eigenvalue weighted by molar-refractivity contribution is -0.118. The van der Waals surface area contributed by atoms with Crippen LogP contribution in [0.5, 0.6) is 11.5 Å². The van der Waals surface area contributed by atoms with E-state index in [1.54, 1.807) is 13.3 Å². The second kappa shape index (κ2) is 9.26. The minimum absolute atomic E-state index is 0.0903. The predicted molar refractivity (Wildman–Crippen MR) is 105 cm³/mol. The Bertz CT molecular complexity index is 779. The molecule has 1 fully saturated rings. The fraction of sp³-hybridized carbons (Fsp3) is 0.429. The van der Waals surface area contributed by atoms with Crippen LogP contribution in [0.2, 0.25) is 0 Å². The third kappa shape index (κ3) is 4.90. The van der Waals surface area contributed by atoms with Crippen LogP contribution < -0.4 is 14.8 Å². The van der Waals surface area contributed by atoms with E-state index in [0.717, 1.165) is 30.6 Å². The van der Waals surface area contributed by atoms with E-state index in [1.165, 1.54) is 19.3 Å². The highest BCUT2D eigenvalue weighted by molar-refractivity contribution is 5.91. The monoisotopic (exact) mass is 369 g/mol. The molecule has 144 valence electrons. The number of nitrogens with one attached hydrogen (secondary N) is 1. The molecule has 3 rings (SSSR count). The van der Waals surface area contributed by atoms with Gasteiger partial charge in [-0.2, -0.15) is 5.10 Å². The molecule has 0 bridgehead atoms. The summed E-state index contributed by atoms with van der Waals surface area (Å²) in [4.78, 5) is 12.4. The number of anilines is 1. The summed E-state index contributed by atoms with van der Waals surface area (Å²) in [6, 6.07) is 7.85. The average molecular weight is 369 g/mol. The molecule has 1 aromatic carbocycles. The summed E-state index contributed by atoms with van der Waals surface area (Å²) < 4.78 is 13.0. The number of hydrogen-bond acceptors (Lipinski definition) is 4. The van der Waals surface area contributed by atoms with Gasteiger partial charge in [0, 0.05) is 6.07 Å². The van der Waals surface area contributed by atoms with Crippen LogP contribution in [-0.4, -0.2) is 29.4 Å². The summed E-state index contributed by atoms with van der Waals surface area (Å²) in [7, 11) is 1.59. The van der Waals surface area contributed by atoms with Gasteiger partial charge in [0.2, 0.25) is 0 Å². The summed E-state index contributed by atoms with van der Waals surface area (Å²) in [6.45, 7) is 3.65. The summed E-state index contributed by atoms with van der Waals surface area (Å²) in [5.41, 5.74) is 1.08. The first kappa shape index (κ1) is 19.0. The van der Waals surface area contributed by atoms with Crippen LogP contribution in [0, 0.1) is 0 Å². The van der Waals surface area contributed by atoms with Gasteiger partial charge in [-0.3, -0.25) is 4.79 Å². The van der Waals surface area contributed by atoms with Crippen LogP contribution in [-0.2, 0) is 11.2 Å². The quantitative estimate of drug-likeness (QED) is 0.710. The number of carbonyl (C=O) groups is 1. The second-order valence-corrected chi connectivity index (χ2v) is 6.77. The number of carbonyl (C=O) groups excluding carboxylic acids is 1. The summed E-state index contributed by atoms with van der Waals surface area (Å²) in [5, 5.41) is 7.31. The van der Waals surface area contributed by atoms with Gasteiger partial charge in [0.15, 0.2) is 18.1 Å². The highest BCUT2D eigenvalue weighted by atomic mass is 16.5. The number of ether oxygens (including phenoxy) is 2. The molecule has 0 aliphatic heterocycles. The van der Waals surface area contributed by atoms with Crippen molar-refractivity contribution in [2.24, 2.45) is 0 Å². The van der Waals surface area contributed by atoms with E-state index >= 15 is 0 Å². The summed E-state index contributed by atoms with van der Waals surface area (Å²) in [6.07, 6.45) is 10.2. The molecular formula is C21H27N3O3. The fourth-order valence-electron chi connectivity index (χ4n) is 3.48. The Morgan fingerprint density at radius 3 is 2.85 bits per heavy atom. The van der Waals surface area contributed by atoms with Crippen LogP contribution in [0.25, 0.3) is 0 Å². The van der Waals surface area contributed by atoms with Gasteiger partial charge in [0.25, 0.3) is 5.91 Å². The van der Waals surface area contributed by atoms with E-state index in [4.69, 9.17) is 9.47 Å². The van der Waals surface area contributed by atoms with E-state index < -0.39 is 0 Å². The molecule has 0 radical (unpaired) electrons. The third-order valence-corrected chi connectivity index (χ3v) is 4.83. The first-order valence-electron chi connectivity index (χ1n) is 9.45. The number of amides is 1. The van der Waals surface area contributed by atoms with E-state index in [1.807, 2.05) is 35.0 Å². The molecule has 6 heteroatoms. The molecule has 1 heterocycles. The van der Waals surface area contributed by atoms with Crippen molar-refractivity contribution in [1.82, 2.24) is 9.78 Å². The lowest BCUT2D eigenvalue weighted by atomic mass is 9.96. The maximum atomic E-state index is 12.4. The molecule has 1 aliphatic carbocycles. The van der Waals surface area contributed by atoms with Crippen molar-refractivity contribution in [2.75, 3.05) is 19.0 Å². The van der Waals surface area contributed by atoms with E-state index in [-0.39, 0.29) is 12.5 Å². The van der Waals surface area contributed by atoms with Crippen LogP contribution >= 0.6 is 0 Å². The molecule has 0 unspecified atom stereocenters. The van der Waals surface area contributed by atoms with Crippen molar-refractivity contribution in [3.63, 3.8) is 0 Å². The zero-order valence-electron chi connectivity index (χ0n) is 15.8. The summed E-state index contributed by atoms with van der Waals surface area (Å²) in [5.74, 6) is 1.66. The maximum Gasteiger partial charge on any atom is 0.263 e. The van der Waals surface area contributed by atoms with Gasteiger partial charge >= 0.3 is 0 Å². The highest BCUT2D eigenvalue weighted by Gasteiger charge is 2.19. The minimum atomic E-state index is -0.218. The van der Waals surface area contributed by atoms with E-state index in [9.17, 15) is 4.79 Å². The molecule has 6 nitrogen and oxygen atoms in total. The second-order valence-electron chi connectivity index (χ2n) is 6.77. The van der Waals surface area contributed by atoms with Crippen molar-refractivity contribution in [2.45, 2.75) is 44.6 Å². The first-order valence-corrected chi connectivity index (χ1v) is 9.45. The lowest BCUT2D eigenvalue weighted by Gasteiger charge is -2.23. The molecule has 1 N–H and O–H groups in total. The SMILES string of the molecule is C=CCc1ccc(OCC(=O)Nc2ccnn2C2CCCCC2)c(OC)c1. The smallest absolute Gasteiger partial charge is 0.263 e. The van der Waals surface area contributed by atoms with Gasteiger partial charge in [0.1, 0.15) is 5.82 Å². The first-order chi connectivity index (χ1) is 13.2. The number of hydrogen-bond donors (Lipinski definition) is 1. The van der Waals surface area contributed by atoms with E-state index in [2.05, 4.69) is 17.0 Å². The van der Waals surface area contributed by atoms with Crippen molar-refractivity contribution in [3.8, 4) is 11.5 Å². The van der Waals surface area contributed by atoms with Gasteiger partial charge in [-0.25, -0.2) is 4.68 Å². The number of nitrogens with zero attached hydrogens (tertiary/aromatic N) is 2. The molecule has 1 amide bonds.